The van der Waals surface area contributed by atoms with Crippen LogP contribution in [0.4, 0.5) is 0 Å². The molecular formula is C24H47N3O3. The minimum atomic E-state index is -0.603. The van der Waals surface area contributed by atoms with Gasteiger partial charge in [-0.15, -0.1) is 0 Å². The topological polar surface area (TPSA) is 99.1 Å². The Morgan fingerprint density at radius 1 is 1.13 bits per heavy atom. The number of amides is 2. The first kappa shape index (κ1) is 32.8. The number of nitriles is 1. The van der Waals surface area contributed by atoms with E-state index in [0.717, 1.165) is 19.1 Å². The van der Waals surface area contributed by atoms with Crippen LogP contribution in [0.25, 0.3) is 0 Å². The standard InChI is InChI=1S/C18H31N3O2.C2H4O.2C2H6/c1-5-13-8-7-9-16(13)12(3)17(22)21-15(11-19)10-14(6-2)18(23)20-4;1-2-3;2*1-2/h12-16H,5-10H2,1-4H3,(H,20,23)(H,21,22);2H,1H3;2*1-2H3. The SMILES string of the molecule is CC.CC.CC=O.CCC(CC(C#N)NC(=O)C(C)C1CCCC1CC)C(=O)NC. The summed E-state index contributed by atoms with van der Waals surface area (Å²) in [6.45, 7) is 15.5. The summed E-state index contributed by atoms with van der Waals surface area (Å²) in [7, 11) is 1.60. The van der Waals surface area contributed by atoms with Crippen LogP contribution in [-0.4, -0.2) is 31.2 Å². The maximum atomic E-state index is 12.5. The Bertz CT molecular complexity index is 489. The van der Waals surface area contributed by atoms with Crippen molar-refractivity contribution in [2.45, 2.75) is 100.0 Å². The summed E-state index contributed by atoms with van der Waals surface area (Å²) in [6, 6.07) is 1.53. The minimum Gasteiger partial charge on any atom is -0.359 e. The molecule has 0 spiro atoms. The Balaban J connectivity index is -0.000000926. The van der Waals surface area contributed by atoms with Crippen molar-refractivity contribution in [3.63, 3.8) is 0 Å². The third kappa shape index (κ3) is 12.6. The van der Waals surface area contributed by atoms with Gasteiger partial charge in [0.15, 0.2) is 0 Å². The van der Waals surface area contributed by atoms with E-state index in [1.54, 1.807) is 7.05 Å². The fraction of sp³-hybridized carbons (Fsp3) is 0.833. The van der Waals surface area contributed by atoms with Gasteiger partial charge in [-0.25, -0.2) is 0 Å². The molecule has 1 fully saturated rings. The van der Waals surface area contributed by atoms with E-state index in [0.29, 0.717) is 24.7 Å². The van der Waals surface area contributed by atoms with Crippen molar-refractivity contribution in [3.8, 4) is 6.07 Å². The lowest BCUT2D eigenvalue weighted by Crippen LogP contribution is -2.42. The van der Waals surface area contributed by atoms with Crippen molar-refractivity contribution < 1.29 is 14.4 Å². The van der Waals surface area contributed by atoms with Crippen LogP contribution in [0, 0.1) is 35.0 Å². The average Bonchev–Trinajstić information content (AvgIpc) is 3.27. The van der Waals surface area contributed by atoms with Crippen molar-refractivity contribution in [2.24, 2.45) is 23.7 Å². The zero-order chi connectivity index (χ0) is 24.1. The minimum absolute atomic E-state index is 0.0475. The predicted molar refractivity (Wildman–Crippen MR) is 125 cm³/mol. The van der Waals surface area contributed by atoms with Crippen LogP contribution in [0.3, 0.4) is 0 Å². The van der Waals surface area contributed by atoms with Crippen LogP contribution < -0.4 is 10.6 Å². The molecular weight excluding hydrogens is 378 g/mol. The van der Waals surface area contributed by atoms with Crippen molar-refractivity contribution in [1.82, 2.24) is 10.6 Å². The number of rotatable bonds is 8. The molecule has 176 valence electrons. The lowest BCUT2D eigenvalue weighted by Gasteiger charge is -2.26. The Hall–Kier alpha value is -1.90. The molecule has 6 heteroatoms. The molecule has 2 N–H and O–H groups in total. The first-order valence-corrected chi connectivity index (χ1v) is 11.7. The van der Waals surface area contributed by atoms with E-state index in [-0.39, 0.29) is 23.7 Å². The van der Waals surface area contributed by atoms with Crippen LogP contribution in [0.2, 0.25) is 0 Å². The normalized spacial score (nSPS) is 19.5. The first-order valence-electron chi connectivity index (χ1n) is 11.7. The van der Waals surface area contributed by atoms with Crippen LogP contribution in [0.5, 0.6) is 0 Å². The van der Waals surface area contributed by atoms with Gasteiger partial charge >= 0.3 is 0 Å². The van der Waals surface area contributed by atoms with Crippen molar-refractivity contribution in [1.29, 1.82) is 5.26 Å². The molecule has 5 atom stereocenters. The van der Waals surface area contributed by atoms with E-state index in [1.165, 1.54) is 19.8 Å². The summed E-state index contributed by atoms with van der Waals surface area (Å²) in [4.78, 5) is 33.1. The molecule has 0 aromatic heterocycles. The lowest BCUT2D eigenvalue weighted by atomic mass is 9.83. The molecule has 1 rings (SSSR count). The molecule has 0 heterocycles. The van der Waals surface area contributed by atoms with Crippen LogP contribution in [-0.2, 0) is 14.4 Å². The fourth-order valence-electron chi connectivity index (χ4n) is 3.82. The molecule has 30 heavy (non-hydrogen) atoms. The van der Waals surface area contributed by atoms with Crippen molar-refractivity contribution in [2.75, 3.05) is 7.05 Å². The average molecular weight is 426 g/mol. The van der Waals surface area contributed by atoms with Gasteiger partial charge in [0.25, 0.3) is 0 Å². The summed E-state index contributed by atoms with van der Waals surface area (Å²) in [5, 5.41) is 14.8. The maximum Gasteiger partial charge on any atom is 0.224 e. The quantitative estimate of drug-likeness (QED) is 0.541. The third-order valence-corrected chi connectivity index (χ3v) is 5.40. The Labute approximate surface area is 185 Å². The summed E-state index contributed by atoms with van der Waals surface area (Å²) in [5.74, 6) is 0.602. The summed E-state index contributed by atoms with van der Waals surface area (Å²) >= 11 is 0. The van der Waals surface area contributed by atoms with Gasteiger partial charge in [0.1, 0.15) is 12.3 Å². The second-order valence-electron chi connectivity index (χ2n) is 6.93. The predicted octanol–water partition coefficient (Wildman–Crippen LogP) is 4.88. The van der Waals surface area contributed by atoms with Gasteiger partial charge < -0.3 is 15.4 Å². The maximum absolute atomic E-state index is 12.5. The molecule has 0 aromatic carbocycles. The van der Waals surface area contributed by atoms with E-state index < -0.39 is 6.04 Å². The second-order valence-corrected chi connectivity index (χ2v) is 6.93. The van der Waals surface area contributed by atoms with Gasteiger partial charge in [-0.05, 0) is 38.0 Å². The number of nitrogens with zero attached hydrogens (tertiary/aromatic N) is 1. The van der Waals surface area contributed by atoms with Gasteiger partial charge in [0.2, 0.25) is 11.8 Å². The highest BCUT2D eigenvalue weighted by Crippen LogP contribution is 2.38. The Morgan fingerprint density at radius 3 is 2.07 bits per heavy atom. The van der Waals surface area contributed by atoms with Gasteiger partial charge in [0.05, 0.1) is 6.07 Å². The van der Waals surface area contributed by atoms with E-state index in [2.05, 4.69) is 23.6 Å². The van der Waals surface area contributed by atoms with E-state index in [9.17, 15) is 14.9 Å². The van der Waals surface area contributed by atoms with Gasteiger partial charge in [0, 0.05) is 18.9 Å². The van der Waals surface area contributed by atoms with Gasteiger partial charge in [-0.3, -0.25) is 9.59 Å². The fourth-order valence-corrected chi connectivity index (χ4v) is 3.82. The van der Waals surface area contributed by atoms with Crippen molar-refractivity contribution in [3.05, 3.63) is 0 Å². The van der Waals surface area contributed by atoms with E-state index >= 15 is 0 Å². The lowest BCUT2D eigenvalue weighted by molar-refractivity contribution is -0.128. The Kier molecular flexibility index (Phi) is 23.8. The second kappa shape index (κ2) is 21.8. The molecule has 5 unspecified atom stereocenters. The highest BCUT2D eigenvalue weighted by Gasteiger charge is 2.34. The summed E-state index contributed by atoms with van der Waals surface area (Å²) in [6.07, 6.45) is 6.38. The molecule has 0 saturated heterocycles. The number of aldehydes is 1. The highest BCUT2D eigenvalue weighted by molar-refractivity contribution is 5.80. The van der Waals surface area contributed by atoms with Crippen LogP contribution in [0.15, 0.2) is 0 Å². The smallest absolute Gasteiger partial charge is 0.224 e. The monoisotopic (exact) mass is 425 g/mol. The number of hydrogen-bond donors (Lipinski definition) is 2. The number of hydrogen-bond acceptors (Lipinski definition) is 4. The zero-order valence-corrected chi connectivity index (χ0v) is 20.9. The van der Waals surface area contributed by atoms with E-state index in [1.807, 2.05) is 41.5 Å². The molecule has 0 aliphatic heterocycles. The molecule has 0 bridgehead atoms. The highest BCUT2D eigenvalue weighted by atomic mass is 16.2. The molecule has 1 aliphatic rings. The third-order valence-electron chi connectivity index (χ3n) is 5.40. The number of carbonyl (C=O) groups excluding carboxylic acids is 3. The number of nitrogens with one attached hydrogen (secondary N) is 2. The van der Waals surface area contributed by atoms with Crippen LogP contribution >= 0.6 is 0 Å². The molecule has 0 aromatic rings. The molecule has 6 nitrogen and oxygen atoms in total. The molecule has 1 saturated carbocycles. The largest absolute Gasteiger partial charge is 0.359 e. The molecule has 1 aliphatic carbocycles. The van der Waals surface area contributed by atoms with Gasteiger partial charge in [-0.1, -0.05) is 67.7 Å². The Morgan fingerprint density at radius 2 is 1.67 bits per heavy atom. The number of carbonyl (C=O) groups is 3. The van der Waals surface area contributed by atoms with Gasteiger partial charge in [-0.2, -0.15) is 5.26 Å². The summed E-state index contributed by atoms with van der Waals surface area (Å²) in [5.41, 5.74) is 0. The van der Waals surface area contributed by atoms with Crippen molar-refractivity contribution >= 4 is 18.1 Å². The molecule has 0 radical (unpaired) electrons. The van der Waals surface area contributed by atoms with Crippen LogP contribution in [0.1, 0.15) is 93.9 Å². The first-order chi connectivity index (χ1) is 14.4. The summed E-state index contributed by atoms with van der Waals surface area (Å²) < 4.78 is 0. The molecule has 2 amide bonds. The van der Waals surface area contributed by atoms with E-state index in [4.69, 9.17) is 4.79 Å². The zero-order valence-electron chi connectivity index (χ0n) is 20.9.